The van der Waals surface area contributed by atoms with Crippen LogP contribution in [0.4, 0.5) is 5.69 Å². The largest absolute Gasteiger partial charge is 0.337 e. The van der Waals surface area contributed by atoms with Crippen LogP contribution in [0.5, 0.6) is 0 Å². The van der Waals surface area contributed by atoms with E-state index < -0.39 is 5.41 Å². The third kappa shape index (κ3) is 2.75. The second kappa shape index (κ2) is 5.66. The van der Waals surface area contributed by atoms with Gasteiger partial charge in [0.25, 0.3) is 0 Å². The van der Waals surface area contributed by atoms with E-state index in [2.05, 4.69) is 19.2 Å². The first kappa shape index (κ1) is 16.0. The molecule has 0 aliphatic carbocycles. The number of rotatable bonds is 2. The molecule has 23 heavy (non-hydrogen) atoms. The number of anilines is 1. The fourth-order valence-electron chi connectivity index (χ4n) is 3.91. The van der Waals surface area contributed by atoms with Crippen LogP contribution in [0, 0.1) is 0 Å². The molecule has 4 heteroatoms. The van der Waals surface area contributed by atoms with Crippen molar-refractivity contribution >= 4 is 17.5 Å². The van der Waals surface area contributed by atoms with E-state index in [4.69, 9.17) is 0 Å². The van der Waals surface area contributed by atoms with Crippen molar-refractivity contribution in [3.05, 3.63) is 29.3 Å². The van der Waals surface area contributed by atoms with Crippen molar-refractivity contribution in [2.75, 3.05) is 5.32 Å². The predicted octanol–water partition coefficient (Wildman–Crippen LogP) is 3.25. The number of amides is 2. The van der Waals surface area contributed by atoms with Crippen LogP contribution in [0.25, 0.3) is 0 Å². The van der Waals surface area contributed by atoms with Gasteiger partial charge in [0, 0.05) is 17.8 Å². The Kier molecular flexibility index (Phi) is 3.95. The van der Waals surface area contributed by atoms with Crippen LogP contribution in [0.1, 0.15) is 58.1 Å². The number of fused-ring (bicyclic) bond motifs is 1. The topological polar surface area (TPSA) is 49.4 Å². The van der Waals surface area contributed by atoms with Crippen LogP contribution >= 0.6 is 0 Å². The molecule has 4 nitrogen and oxygen atoms in total. The highest BCUT2D eigenvalue weighted by atomic mass is 16.2. The maximum Gasteiger partial charge on any atom is 0.234 e. The van der Waals surface area contributed by atoms with Crippen LogP contribution in [0.15, 0.2) is 18.2 Å². The molecule has 2 amide bonds. The highest BCUT2D eigenvalue weighted by Gasteiger charge is 2.38. The molecule has 3 rings (SSSR count). The summed E-state index contributed by atoms with van der Waals surface area (Å²) in [7, 11) is 0. The van der Waals surface area contributed by atoms with Gasteiger partial charge >= 0.3 is 0 Å². The molecule has 0 saturated carbocycles. The monoisotopic (exact) mass is 314 g/mol. The molecule has 1 aromatic rings. The number of piperidine rings is 1. The molecular formula is C19H26N2O2. The number of nitrogens with one attached hydrogen (secondary N) is 1. The van der Waals surface area contributed by atoms with Gasteiger partial charge in [-0.1, -0.05) is 12.1 Å². The number of hydrogen-bond acceptors (Lipinski definition) is 2. The first-order chi connectivity index (χ1) is 10.8. The van der Waals surface area contributed by atoms with E-state index in [1.54, 1.807) is 0 Å². The number of benzene rings is 1. The number of carbonyl (C=O) groups excluding carboxylic acids is 2. The van der Waals surface area contributed by atoms with Crippen molar-refractivity contribution in [3.63, 3.8) is 0 Å². The van der Waals surface area contributed by atoms with Gasteiger partial charge in [0.2, 0.25) is 11.8 Å². The summed E-state index contributed by atoms with van der Waals surface area (Å²) in [5.74, 6) is 0.217. The number of carbonyl (C=O) groups is 2. The van der Waals surface area contributed by atoms with Crippen LogP contribution < -0.4 is 5.32 Å². The molecule has 0 bridgehead atoms. The fraction of sp³-hybridized carbons (Fsp3) is 0.579. The molecule has 2 atom stereocenters. The smallest absolute Gasteiger partial charge is 0.234 e. The van der Waals surface area contributed by atoms with Crippen molar-refractivity contribution in [2.24, 2.45) is 0 Å². The Morgan fingerprint density at radius 3 is 2.57 bits per heavy atom. The lowest BCUT2D eigenvalue weighted by Crippen LogP contribution is -2.48. The van der Waals surface area contributed by atoms with Crippen molar-refractivity contribution in [1.29, 1.82) is 0 Å². The average molecular weight is 314 g/mol. The molecule has 2 aliphatic rings. The Morgan fingerprint density at radius 1 is 1.26 bits per heavy atom. The maximum atomic E-state index is 12.8. The van der Waals surface area contributed by atoms with Gasteiger partial charge in [0.05, 0.1) is 11.8 Å². The van der Waals surface area contributed by atoms with Crippen LogP contribution in [-0.4, -0.2) is 28.8 Å². The fourth-order valence-corrected chi connectivity index (χ4v) is 3.91. The lowest BCUT2D eigenvalue weighted by Gasteiger charge is -2.39. The summed E-state index contributed by atoms with van der Waals surface area (Å²) in [6, 6.07) is 6.54. The highest BCUT2D eigenvalue weighted by Crippen LogP contribution is 2.37. The third-order valence-electron chi connectivity index (χ3n) is 5.41. The maximum absolute atomic E-state index is 12.8. The molecule has 1 N–H and O–H groups in total. The zero-order valence-electron chi connectivity index (χ0n) is 14.5. The number of hydrogen-bond donors (Lipinski definition) is 1. The van der Waals surface area contributed by atoms with Crippen LogP contribution in [0.3, 0.4) is 0 Å². The molecule has 124 valence electrons. The second-order valence-electron chi connectivity index (χ2n) is 7.57. The Balaban J connectivity index is 1.80. The molecule has 2 heterocycles. The summed E-state index contributed by atoms with van der Waals surface area (Å²) < 4.78 is 0. The molecular weight excluding hydrogens is 288 g/mol. The van der Waals surface area contributed by atoms with E-state index in [1.807, 2.05) is 36.9 Å². The summed E-state index contributed by atoms with van der Waals surface area (Å²) in [5, 5.41) is 2.91. The Hall–Kier alpha value is -1.84. The molecule has 0 radical (unpaired) electrons. The third-order valence-corrected chi connectivity index (χ3v) is 5.41. The minimum Gasteiger partial charge on any atom is -0.337 e. The summed E-state index contributed by atoms with van der Waals surface area (Å²) >= 11 is 0. The van der Waals surface area contributed by atoms with E-state index in [1.165, 1.54) is 6.42 Å². The van der Waals surface area contributed by atoms with E-state index in [-0.39, 0.29) is 11.8 Å². The summed E-state index contributed by atoms with van der Waals surface area (Å²) in [5.41, 5.74) is 2.33. The minimum atomic E-state index is -0.528. The first-order valence-corrected chi connectivity index (χ1v) is 8.56. The van der Waals surface area contributed by atoms with Crippen LogP contribution in [0.2, 0.25) is 0 Å². The SMILES string of the molecule is CC1CCCC(C)N1C(=O)Cc1ccc2c(c1)C(C)(C)C(=O)N2. The van der Waals surface area contributed by atoms with Crippen molar-refractivity contribution in [1.82, 2.24) is 4.90 Å². The van der Waals surface area contributed by atoms with Gasteiger partial charge < -0.3 is 10.2 Å². The molecule has 1 aromatic carbocycles. The standard InChI is InChI=1S/C19H26N2O2/c1-12-6-5-7-13(2)21(12)17(22)11-14-8-9-16-15(10-14)19(3,4)18(23)20-16/h8-10,12-13H,5-7,11H2,1-4H3,(H,20,23). The van der Waals surface area contributed by atoms with Crippen molar-refractivity contribution in [2.45, 2.75) is 70.9 Å². The van der Waals surface area contributed by atoms with Gasteiger partial charge in [0.1, 0.15) is 0 Å². The molecule has 1 fully saturated rings. The highest BCUT2D eigenvalue weighted by molar-refractivity contribution is 6.05. The molecule has 2 unspecified atom stereocenters. The predicted molar refractivity (Wildman–Crippen MR) is 91.4 cm³/mol. The normalized spacial score (nSPS) is 25.9. The lowest BCUT2D eigenvalue weighted by atomic mass is 9.85. The summed E-state index contributed by atoms with van der Waals surface area (Å²) in [4.78, 5) is 26.8. The molecule has 0 aromatic heterocycles. The average Bonchev–Trinajstić information content (AvgIpc) is 2.69. The van der Waals surface area contributed by atoms with E-state index in [0.717, 1.165) is 29.7 Å². The second-order valence-corrected chi connectivity index (χ2v) is 7.57. The quantitative estimate of drug-likeness (QED) is 0.911. The van der Waals surface area contributed by atoms with Crippen LogP contribution in [-0.2, 0) is 21.4 Å². The van der Waals surface area contributed by atoms with Gasteiger partial charge in [-0.2, -0.15) is 0 Å². The van der Waals surface area contributed by atoms with Gasteiger partial charge in [-0.3, -0.25) is 9.59 Å². The van der Waals surface area contributed by atoms with E-state index in [0.29, 0.717) is 18.5 Å². The van der Waals surface area contributed by atoms with Gasteiger partial charge in [0.15, 0.2) is 0 Å². The van der Waals surface area contributed by atoms with Crippen molar-refractivity contribution < 1.29 is 9.59 Å². The van der Waals surface area contributed by atoms with Gasteiger partial charge in [-0.15, -0.1) is 0 Å². The number of likely N-dealkylation sites (tertiary alicyclic amines) is 1. The van der Waals surface area contributed by atoms with Crippen molar-refractivity contribution in [3.8, 4) is 0 Å². The summed E-state index contributed by atoms with van der Waals surface area (Å²) in [6.45, 7) is 8.13. The van der Waals surface area contributed by atoms with Gasteiger partial charge in [-0.25, -0.2) is 0 Å². The zero-order chi connectivity index (χ0) is 16.8. The Bertz CT molecular complexity index is 641. The Morgan fingerprint density at radius 2 is 1.91 bits per heavy atom. The molecule has 2 aliphatic heterocycles. The molecule has 0 spiro atoms. The lowest BCUT2D eigenvalue weighted by molar-refractivity contribution is -0.136. The Labute approximate surface area is 138 Å². The molecule has 1 saturated heterocycles. The first-order valence-electron chi connectivity index (χ1n) is 8.56. The summed E-state index contributed by atoms with van der Waals surface area (Å²) in [6.07, 6.45) is 3.79. The van der Waals surface area contributed by atoms with E-state index >= 15 is 0 Å². The van der Waals surface area contributed by atoms with E-state index in [9.17, 15) is 9.59 Å². The minimum absolute atomic E-state index is 0.0225. The zero-order valence-corrected chi connectivity index (χ0v) is 14.5. The number of nitrogens with zero attached hydrogens (tertiary/aromatic N) is 1. The van der Waals surface area contributed by atoms with Gasteiger partial charge in [-0.05, 0) is 64.2 Å².